The second kappa shape index (κ2) is 4.41. The van der Waals surface area contributed by atoms with Crippen LogP contribution in [0.4, 0.5) is 13.2 Å². The lowest BCUT2D eigenvalue weighted by Gasteiger charge is -1.96. The van der Waals surface area contributed by atoms with Crippen LogP contribution >= 0.6 is 11.3 Å². The van der Waals surface area contributed by atoms with Gasteiger partial charge < -0.3 is 0 Å². The third-order valence-electron chi connectivity index (χ3n) is 2.59. The third-order valence-corrected chi connectivity index (χ3v) is 3.55. The summed E-state index contributed by atoms with van der Waals surface area (Å²) < 4.78 is 40.4. The Morgan fingerprint density at radius 1 is 1.25 bits per heavy atom. The standard InChI is InChI=1S/C12H6F3N3OS/c1-5-16-12-18(17-5)11(19)9(20-12)4-6-2-7(13)10(15)8(14)3-6/h2-4H,1H3/b9-4-. The molecule has 1 aromatic carbocycles. The predicted molar refractivity (Wildman–Crippen MR) is 67.0 cm³/mol. The number of nitrogens with zero attached hydrogens (tertiary/aromatic N) is 3. The van der Waals surface area contributed by atoms with Gasteiger partial charge in [0.05, 0.1) is 4.53 Å². The Kier molecular flexibility index (Phi) is 2.82. The average Bonchev–Trinajstić information content (AvgIpc) is 2.86. The van der Waals surface area contributed by atoms with Crippen LogP contribution in [0.15, 0.2) is 16.9 Å². The Labute approximate surface area is 113 Å². The molecule has 20 heavy (non-hydrogen) atoms. The molecule has 102 valence electrons. The van der Waals surface area contributed by atoms with E-state index in [0.717, 1.165) is 28.0 Å². The largest absolute Gasteiger partial charge is 0.291 e. The molecule has 0 saturated carbocycles. The van der Waals surface area contributed by atoms with Gasteiger partial charge in [-0.05, 0) is 30.7 Å². The van der Waals surface area contributed by atoms with Crippen molar-refractivity contribution < 1.29 is 13.2 Å². The van der Waals surface area contributed by atoms with Crippen molar-refractivity contribution in [2.75, 3.05) is 0 Å². The quantitative estimate of drug-likeness (QED) is 0.638. The van der Waals surface area contributed by atoms with E-state index < -0.39 is 23.0 Å². The summed E-state index contributed by atoms with van der Waals surface area (Å²) >= 11 is 1.04. The van der Waals surface area contributed by atoms with E-state index in [1.54, 1.807) is 6.92 Å². The molecule has 3 aromatic rings. The first kappa shape index (κ1) is 12.8. The Morgan fingerprint density at radius 3 is 2.50 bits per heavy atom. The zero-order chi connectivity index (χ0) is 14.4. The Bertz CT molecular complexity index is 908. The van der Waals surface area contributed by atoms with Crippen molar-refractivity contribution in [2.24, 2.45) is 0 Å². The van der Waals surface area contributed by atoms with Crippen LogP contribution in [0.2, 0.25) is 0 Å². The van der Waals surface area contributed by atoms with E-state index in [1.165, 1.54) is 6.08 Å². The lowest BCUT2D eigenvalue weighted by molar-refractivity contribution is 0.447. The normalized spacial score (nSPS) is 12.5. The van der Waals surface area contributed by atoms with Gasteiger partial charge in [0.1, 0.15) is 5.82 Å². The Morgan fingerprint density at radius 2 is 1.90 bits per heavy atom. The van der Waals surface area contributed by atoms with E-state index in [9.17, 15) is 18.0 Å². The van der Waals surface area contributed by atoms with E-state index in [-0.39, 0.29) is 10.1 Å². The lowest BCUT2D eigenvalue weighted by Crippen LogP contribution is -2.23. The summed E-state index contributed by atoms with van der Waals surface area (Å²) in [4.78, 5) is 16.4. The molecule has 0 spiro atoms. The first-order valence-electron chi connectivity index (χ1n) is 5.48. The summed E-state index contributed by atoms with van der Waals surface area (Å²) in [5.41, 5.74) is -0.379. The van der Waals surface area contributed by atoms with E-state index in [1.807, 2.05) is 0 Å². The number of aryl methyl sites for hydroxylation is 1. The van der Waals surface area contributed by atoms with Gasteiger partial charge in [0, 0.05) is 0 Å². The van der Waals surface area contributed by atoms with Gasteiger partial charge in [-0.3, -0.25) is 4.79 Å². The highest BCUT2D eigenvalue weighted by Gasteiger charge is 2.11. The molecule has 0 bridgehead atoms. The fraction of sp³-hybridized carbons (Fsp3) is 0.0833. The van der Waals surface area contributed by atoms with Gasteiger partial charge in [-0.1, -0.05) is 11.3 Å². The van der Waals surface area contributed by atoms with E-state index in [4.69, 9.17) is 0 Å². The Hall–Kier alpha value is -2.22. The van der Waals surface area contributed by atoms with Crippen LogP contribution in [0.25, 0.3) is 11.0 Å². The van der Waals surface area contributed by atoms with Crippen molar-refractivity contribution in [3.8, 4) is 0 Å². The number of halogens is 3. The molecule has 2 heterocycles. The van der Waals surface area contributed by atoms with Crippen molar-refractivity contribution in [1.29, 1.82) is 0 Å². The topological polar surface area (TPSA) is 47.3 Å². The van der Waals surface area contributed by atoms with Crippen LogP contribution in [-0.2, 0) is 0 Å². The van der Waals surface area contributed by atoms with Gasteiger partial charge in [0.15, 0.2) is 17.5 Å². The lowest BCUT2D eigenvalue weighted by atomic mass is 10.2. The third kappa shape index (κ3) is 1.97. The number of aromatic nitrogens is 3. The highest BCUT2D eigenvalue weighted by Crippen LogP contribution is 2.14. The minimum Gasteiger partial charge on any atom is -0.266 e. The fourth-order valence-electron chi connectivity index (χ4n) is 1.74. The van der Waals surface area contributed by atoms with Gasteiger partial charge >= 0.3 is 0 Å². The summed E-state index contributed by atoms with van der Waals surface area (Å²) in [5.74, 6) is -3.69. The van der Waals surface area contributed by atoms with Crippen LogP contribution in [0.5, 0.6) is 0 Å². The number of fused-ring (bicyclic) bond motifs is 1. The molecule has 0 saturated heterocycles. The van der Waals surface area contributed by atoms with Crippen LogP contribution in [0, 0.1) is 24.4 Å². The SMILES string of the molecule is Cc1nc2s/c(=C\c3cc(F)c(F)c(F)c3)c(=O)n2n1. The molecule has 0 unspecified atom stereocenters. The maximum absolute atomic E-state index is 13.1. The summed E-state index contributed by atoms with van der Waals surface area (Å²) in [5, 5.41) is 3.90. The molecule has 0 aliphatic carbocycles. The van der Waals surface area contributed by atoms with Crippen molar-refractivity contribution in [2.45, 2.75) is 6.92 Å². The van der Waals surface area contributed by atoms with E-state index >= 15 is 0 Å². The van der Waals surface area contributed by atoms with Crippen molar-refractivity contribution in [3.63, 3.8) is 0 Å². The van der Waals surface area contributed by atoms with Crippen LogP contribution in [-0.4, -0.2) is 14.6 Å². The van der Waals surface area contributed by atoms with Gasteiger partial charge in [-0.15, -0.1) is 5.10 Å². The first-order chi connectivity index (χ1) is 9.45. The molecule has 2 aromatic heterocycles. The number of hydrogen-bond donors (Lipinski definition) is 0. The number of rotatable bonds is 1. The number of thiazole rings is 1. The molecule has 0 atom stereocenters. The second-order valence-electron chi connectivity index (χ2n) is 4.07. The van der Waals surface area contributed by atoms with E-state index in [0.29, 0.717) is 10.8 Å². The van der Waals surface area contributed by atoms with E-state index in [2.05, 4.69) is 10.1 Å². The summed E-state index contributed by atoms with van der Waals surface area (Å²) in [6, 6.07) is 1.64. The maximum atomic E-state index is 13.1. The molecule has 0 N–H and O–H groups in total. The summed E-state index contributed by atoms with van der Waals surface area (Å²) in [6.07, 6.45) is 1.27. The minimum absolute atomic E-state index is 0.0553. The van der Waals surface area contributed by atoms with Crippen LogP contribution in [0.3, 0.4) is 0 Å². The molecule has 0 fully saturated rings. The maximum Gasteiger partial charge on any atom is 0.291 e. The molecular weight excluding hydrogens is 291 g/mol. The molecule has 0 aliphatic rings. The summed E-state index contributed by atoms with van der Waals surface area (Å²) in [7, 11) is 0. The zero-order valence-corrected chi connectivity index (χ0v) is 10.8. The smallest absolute Gasteiger partial charge is 0.266 e. The number of hydrogen-bond acceptors (Lipinski definition) is 4. The Balaban J connectivity index is 2.22. The monoisotopic (exact) mass is 297 g/mol. The van der Waals surface area contributed by atoms with Crippen LogP contribution < -0.4 is 10.1 Å². The van der Waals surface area contributed by atoms with Gasteiger partial charge in [0.2, 0.25) is 4.96 Å². The molecule has 3 rings (SSSR count). The molecule has 0 amide bonds. The minimum atomic E-state index is -1.54. The molecule has 0 aliphatic heterocycles. The molecular formula is C12H6F3N3OS. The highest BCUT2D eigenvalue weighted by molar-refractivity contribution is 7.15. The van der Waals surface area contributed by atoms with Gasteiger partial charge in [0.25, 0.3) is 5.56 Å². The molecule has 4 nitrogen and oxygen atoms in total. The highest BCUT2D eigenvalue weighted by atomic mass is 32.1. The first-order valence-corrected chi connectivity index (χ1v) is 6.30. The van der Waals surface area contributed by atoms with Crippen LogP contribution in [0.1, 0.15) is 11.4 Å². The van der Waals surface area contributed by atoms with Crippen molar-refractivity contribution >= 4 is 22.4 Å². The van der Waals surface area contributed by atoms with Gasteiger partial charge in [-0.25, -0.2) is 18.2 Å². The second-order valence-corrected chi connectivity index (χ2v) is 5.08. The molecule has 8 heteroatoms. The fourth-order valence-corrected chi connectivity index (χ4v) is 2.69. The average molecular weight is 297 g/mol. The summed E-state index contributed by atoms with van der Waals surface area (Å²) in [6.45, 7) is 1.65. The predicted octanol–water partition coefficient (Wildman–Crippen LogP) is 1.42. The van der Waals surface area contributed by atoms with Crippen molar-refractivity contribution in [1.82, 2.24) is 14.6 Å². The molecule has 0 radical (unpaired) electrons. The van der Waals surface area contributed by atoms with Crippen molar-refractivity contribution in [3.05, 3.63) is 55.9 Å². The number of benzene rings is 1. The van der Waals surface area contributed by atoms with Gasteiger partial charge in [-0.2, -0.15) is 4.52 Å². The zero-order valence-electron chi connectivity index (χ0n) is 10.0.